The second-order valence-electron chi connectivity index (χ2n) is 5.22. The van der Waals surface area contributed by atoms with E-state index in [1.54, 1.807) is 0 Å². The van der Waals surface area contributed by atoms with E-state index >= 15 is 0 Å². The number of aromatic amines is 1. The molecule has 0 aliphatic heterocycles. The second-order valence-corrected chi connectivity index (χ2v) is 5.22. The Labute approximate surface area is 134 Å². The zero-order valence-electron chi connectivity index (χ0n) is 12.6. The van der Waals surface area contributed by atoms with Gasteiger partial charge in [-0.2, -0.15) is 13.2 Å². The minimum atomic E-state index is -4.97. The molecule has 2 aromatic heterocycles. The summed E-state index contributed by atoms with van der Waals surface area (Å²) in [6.07, 6.45) is -4.65. The Morgan fingerprint density at radius 1 is 1.29 bits per heavy atom. The molecule has 2 aromatic rings. The van der Waals surface area contributed by atoms with Crippen LogP contribution in [-0.2, 0) is 5.60 Å². The van der Waals surface area contributed by atoms with Gasteiger partial charge in [-0.25, -0.2) is 0 Å². The van der Waals surface area contributed by atoms with Gasteiger partial charge in [-0.1, -0.05) is 0 Å². The molecule has 0 aromatic carbocycles. The predicted molar refractivity (Wildman–Crippen MR) is 77.4 cm³/mol. The van der Waals surface area contributed by atoms with Crippen LogP contribution in [0.15, 0.2) is 39.7 Å². The minimum Gasteiger partial charge on any atom is -0.463 e. The van der Waals surface area contributed by atoms with Gasteiger partial charge in [0.1, 0.15) is 11.5 Å². The van der Waals surface area contributed by atoms with E-state index in [1.807, 2.05) is 0 Å². The average molecular weight is 344 g/mol. The summed E-state index contributed by atoms with van der Waals surface area (Å²) in [4.78, 5) is 25.0. The maximum Gasteiger partial charge on any atom is 0.424 e. The standard InChI is InChI=1S/C15H15F3N2O4/c1-9-2-4-11(24-9)14(23,15(16,17)18)6-7-19-13(22)10-3-5-12(21)20-8-10/h2-5,8,23H,6-7H2,1H3,(H,19,22)(H,20,21). The molecule has 1 unspecified atom stereocenters. The number of hydrogen-bond acceptors (Lipinski definition) is 4. The van der Waals surface area contributed by atoms with E-state index in [0.717, 1.165) is 18.3 Å². The van der Waals surface area contributed by atoms with E-state index in [0.29, 0.717) is 0 Å². The van der Waals surface area contributed by atoms with Gasteiger partial charge in [0, 0.05) is 25.2 Å². The summed E-state index contributed by atoms with van der Waals surface area (Å²) in [7, 11) is 0. The van der Waals surface area contributed by atoms with Crippen molar-refractivity contribution in [1.29, 1.82) is 0 Å². The van der Waals surface area contributed by atoms with E-state index in [9.17, 15) is 27.9 Å². The van der Waals surface area contributed by atoms with Crippen LogP contribution in [0.4, 0.5) is 13.2 Å². The molecule has 130 valence electrons. The number of H-pyrrole nitrogens is 1. The third kappa shape index (κ3) is 3.67. The fourth-order valence-electron chi connectivity index (χ4n) is 2.07. The topological polar surface area (TPSA) is 95.3 Å². The van der Waals surface area contributed by atoms with Gasteiger partial charge in [0.15, 0.2) is 0 Å². The third-order valence-electron chi connectivity index (χ3n) is 3.44. The highest BCUT2D eigenvalue weighted by atomic mass is 19.4. The summed E-state index contributed by atoms with van der Waals surface area (Å²) in [6.45, 7) is 1.01. The van der Waals surface area contributed by atoms with Crippen molar-refractivity contribution in [1.82, 2.24) is 10.3 Å². The Kier molecular flexibility index (Phi) is 4.83. The first-order valence-electron chi connectivity index (χ1n) is 6.96. The lowest BCUT2D eigenvalue weighted by Crippen LogP contribution is -2.44. The van der Waals surface area contributed by atoms with Crippen LogP contribution in [0, 0.1) is 6.92 Å². The molecule has 0 bridgehead atoms. The van der Waals surface area contributed by atoms with Crippen LogP contribution >= 0.6 is 0 Å². The van der Waals surface area contributed by atoms with Gasteiger partial charge in [-0.3, -0.25) is 9.59 Å². The number of aryl methyl sites for hydroxylation is 1. The highest BCUT2D eigenvalue weighted by Gasteiger charge is 2.56. The molecule has 1 amide bonds. The van der Waals surface area contributed by atoms with Crippen LogP contribution in [0.5, 0.6) is 0 Å². The lowest BCUT2D eigenvalue weighted by atomic mass is 9.95. The van der Waals surface area contributed by atoms with Crippen LogP contribution in [0.2, 0.25) is 0 Å². The van der Waals surface area contributed by atoms with Gasteiger partial charge in [-0.05, 0) is 25.1 Å². The quantitative estimate of drug-likeness (QED) is 0.771. The van der Waals surface area contributed by atoms with Crippen molar-refractivity contribution in [2.45, 2.75) is 25.1 Å². The normalized spacial score (nSPS) is 14.2. The number of carbonyl (C=O) groups excluding carboxylic acids is 1. The molecular weight excluding hydrogens is 329 g/mol. The lowest BCUT2D eigenvalue weighted by molar-refractivity contribution is -0.274. The summed E-state index contributed by atoms with van der Waals surface area (Å²) in [6, 6.07) is 4.71. The zero-order chi connectivity index (χ0) is 18.0. The lowest BCUT2D eigenvalue weighted by Gasteiger charge is -2.28. The molecule has 0 saturated heterocycles. The fourth-order valence-corrected chi connectivity index (χ4v) is 2.07. The molecule has 9 heteroatoms. The number of amides is 1. The summed E-state index contributed by atoms with van der Waals surface area (Å²) in [5.74, 6) is -1.08. The Morgan fingerprint density at radius 2 is 2.00 bits per heavy atom. The molecule has 24 heavy (non-hydrogen) atoms. The molecule has 6 nitrogen and oxygen atoms in total. The number of rotatable bonds is 5. The zero-order valence-corrected chi connectivity index (χ0v) is 12.6. The number of furan rings is 1. The Bertz CT molecular complexity index is 761. The Balaban J connectivity index is 2.07. The third-order valence-corrected chi connectivity index (χ3v) is 3.44. The van der Waals surface area contributed by atoms with Crippen LogP contribution < -0.4 is 10.9 Å². The van der Waals surface area contributed by atoms with Gasteiger partial charge in [0.25, 0.3) is 5.91 Å². The van der Waals surface area contributed by atoms with E-state index in [1.165, 1.54) is 19.1 Å². The fraction of sp³-hybridized carbons (Fsp3) is 0.333. The summed E-state index contributed by atoms with van der Waals surface area (Å²) >= 11 is 0. The van der Waals surface area contributed by atoms with Gasteiger partial charge in [-0.15, -0.1) is 0 Å². The number of carbonyl (C=O) groups is 1. The van der Waals surface area contributed by atoms with E-state index in [2.05, 4.69) is 10.3 Å². The van der Waals surface area contributed by atoms with Crippen molar-refractivity contribution in [3.63, 3.8) is 0 Å². The molecule has 0 radical (unpaired) electrons. The number of nitrogens with one attached hydrogen (secondary N) is 2. The van der Waals surface area contributed by atoms with Crippen molar-refractivity contribution in [3.05, 3.63) is 57.9 Å². The number of pyridine rings is 1. The number of aliphatic hydroxyl groups is 1. The van der Waals surface area contributed by atoms with E-state index in [4.69, 9.17) is 4.42 Å². The van der Waals surface area contributed by atoms with Crippen molar-refractivity contribution in [2.75, 3.05) is 6.54 Å². The van der Waals surface area contributed by atoms with Gasteiger partial charge >= 0.3 is 6.18 Å². The highest BCUT2D eigenvalue weighted by molar-refractivity contribution is 5.93. The first kappa shape index (κ1) is 17.8. The molecule has 0 saturated carbocycles. The van der Waals surface area contributed by atoms with Crippen molar-refractivity contribution < 1.29 is 27.5 Å². The van der Waals surface area contributed by atoms with Crippen molar-refractivity contribution in [2.24, 2.45) is 0 Å². The molecule has 0 fully saturated rings. The van der Waals surface area contributed by atoms with Gasteiger partial charge in [0.05, 0.1) is 5.56 Å². The molecule has 2 heterocycles. The first-order chi connectivity index (χ1) is 11.1. The van der Waals surface area contributed by atoms with Gasteiger partial charge < -0.3 is 19.8 Å². The number of halogens is 3. The summed E-state index contributed by atoms with van der Waals surface area (Å²) in [5.41, 5.74) is -3.54. The first-order valence-corrected chi connectivity index (χ1v) is 6.96. The van der Waals surface area contributed by atoms with Gasteiger partial charge in [0.2, 0.25) is 11.2 Å². The number of hydrogen-bond donors (Lipinski definition) is 3. The number of alkyl halides is 3. The molecule has 0 aliphatic rings. The van der Waals surface area contributed by atoms with Crippen molar-refractivity contribution >= 4 is 5.91 Å². The molecule has 0 spiro atoms. The Hall–Kier alpha value is -2.55. The average Bonchev–Trinajstić information content (AvgIpc) is 2.93. The predicted octanol–water partition coefficient (Wildman–Crippen LogP) is 1.85. The maximum absolute atomic E-state index is 13.2. The highest BCUT2D eigenvalue weighted by Crippen LogP contribution is 2.41. The summed E-state index contributed by atoms with van der Waals surface area (Å²) in [5, 5.41) is 12.3. The smallest absolute Gasteiger partial charge is 0.424 e. The van der Waals surface area contributed by atoms with E-state index in [-0.39, 0.29) is 11.3 Å². The molecule has 2 rings (SSSR count). The SMILES string of the molecule is Cc1ccc(C(O)(CCNC(=O)c2ccc(=O)[nH]c2)C(F)(F)F)o1. The monoisotopic (exact) mass is 344 g/mol. The molecule has 3 N–H and O–H groups in total. The minimum absolute atomic E-state index is 0.0824. The number of aromatic nitrogens is 1. The summed E-state index contributed by atoms with van der Waals surface area (Å²) < 4.78 is 44.6. The molecule has 0 aliphatic carbocycles. The van der Waals surface area contributed by atoms with E-state index < -0.39 is 42.0 Å². The largest absolute Gasteiger partial charge is 0.463 e. The Morgan fingerprint density at radius 3 is 2.50 bits per heavy atom. The van der Waals surface area contributed by atoms with Crippen LogP contribution in [0.3, 0.4) is 0 Å². The van der Waals surface area contributed by atoms with Crippen LogP contribution in [0.25, 0.3) is 0 Å². The molecular formula is C15H15F3N2O4. The van der Waals surface area contributed by atoms with Crippen LogP contribution in [-0.4, -0.2) is 28.7 Å². The second kappa shape index (κ2) is 6.52. The van der Waals surface area contributed by atoms with Crippen LogP contribution in [0.1, 0.15) is 28.3 Å². The van der Waals surface area contributed by atoms with Crippen molar-refractivity contribution in [3.8, 4) is 0 Å². The maximum atomic E-state index is 13.2. The molecule has 1 atom stereocenters.